The molecule has 0 saturated carbocycles. The summed E-state index contributed by atoms with van der Waals surface area (Å²) in [6.07, 6.45) is 6.33. The van der Waals surface area contributed by atoms with Gasteiger partial charge in [-0.1, -0.05) is 6.58 Å². The van der Waals surface area contributed by atoms with Gasteiger partial charge >= 0.3 is 0 Å². The van der Waals surface area contributed by atoms with Gasteiger partial charge in [-0.3, -0.25) is 4.79 Å². The minimum atomic E-state index is -0.0672. The lowest BCUT2D eigenvalue weighted by atomic mass is 10.1. The Kier molecular flexibility index (Phi) is 4.64. The second-order valence-corrected chi connectivity index (χ2v) is 6.72. The largest absolute Gasteiger partial charge is 0.383 e. The highest BCUT2D eigenvalue weighted by Crippen LogP contribution is 2.33. The maximum absolute atomic E-state index is 12.1. The van der Waals surface area contributed by atoms with E-state index in [1.165, 1.54) is 12.4 Å². The number of pyridine rings is 1. The number of hydrogen-bond acceptors (Lipinski definition) is 7. The molecule has 144 valence electrons. The lowest BCUT2D eigenvalue weighted by Crippen LogP contribution is -2.40. The first-order valence-corrected chi connectivity index (χ1v) is 9.16. The number of nitrogens with two attached hydrogens (primary N) is 1. The Morgan fingerprint density at radius 3 is 2.93 bits per heavy atom. The Morgan fingerprint density at radius 1 is 1.36 bits per heavy atom. The SMILES string of the molecule is C=CC(=O)N1CCC[C@@H](n2nc(-c3ccc(NC)nc3)c3c(N)ncnc32)C1. The van der Waals surface area contributed by atoms with Crippen molar-refractivity contribution in [3.8, 4) is 11.3 Å². The van der Waals surface area contributed by atoms with Gasteiger partial charge in [-0.25, -0.2) is 19.6 Å². The first-order chi connectivity index (χ1) is 13.6. The molecule has 3 aromatic heterocycles. The molecule has 28 heavy (non-hydrogen) atoms. The van der Waals surface area contributed by atoms with Gasteiger partial charge in [-0.15, -0.1) is 0 Å². The van der Waals surface area contributed by atoms with Gasteiger partial charge in [0.05, 0.1) is 11.4 Å². The molecule has 0 radical (unpaired) electrons. The van der Waals surface area contributed by atoms with E-state index in [9.17, 15) is 4.79 Å². The Hall–Kier alpha value is -3.49. The Bertz CT molecular complexity index is 1030. The summed E-state index contributed by atoms with van der Waals surface area (Å²) in [5.41, 5.74) is 8.36. The fraction of sp³-hybridized carbons (Fsp3) is 0.316. The van der Waals surface area contributed by atoms with Crippen LogP contribution in [0.2, 0.25) is 0 Å². The van der Waals surface area contributed by atoms with Gasteiger partial charge in [0.25, 0.3) is 0 Å². The third-order valence-corrected chi connectivity index (χ3v) is 5.04. The minimum absolute atomic E-state index is 0.00717. The second-order valence-electron chi connectivity index (χ2n) is 6.72. The predicted octanol–water partition coefficient (Wildman–Crippen LogP) is 1.86. The highest BCUT2D eigenvalue weighted by atomic mass is 16.2. The van der Waals surface area contributed by atoms with Gasteiger partial charge in [-0.05, 0) is 31.1 Å². The molecule has 4 heterocycles. The number of carbonyl (C=O) groups excluding carboxylic acids is 1. The number of hydrogen-bond donors (Lipinski definition) is 2. The zero-order valence-electron chi connectivity index (χ0n) is 15.7. The van der Waals surface area contributed by atoms with Crippen LogP contribution in [0, 0.1) is 0 Å². The predicted molar refractivity (Wildman–Crippen MR) is 108 cm³/mol. The molecule has 1 saturated heterocycles. The minimum Gasteiger partial charge on any atom is -0.383 e. The molecule has 3 aromatic rings. The van der Waals surface area contributed by atoms with Gasteiger partial charge in [-0.2, -0.15) is 5.10 Å². The van der Waals surface area contributed by atoms with Crippen molar-refractivity contribution in [3.63, 3.8) is 0 Å². The molecule has 1 aliphatic rings. The monoisotopic (exact) mass is 378 g/mol. The lowest BCUT2D eigenvalue weighted by Gasteiger charge is -2.32. The average Bonchev–Trinajstić information content (AvgIpc) is 3.14. The molecule has 1 aliphatic heterocycles. The van der Waals surface area contributed by atoms with Crippen molar-refractivity contribution in [2.24, 2.45) is 0 Å². The summed E-state index contributed by atoms with van der Waals surface area (Å²) in [5.74, 6) is 1.07. The van der Waals surface area contributed by atoms with Gasteiger partial charge in [0.2, 0.25) is 5.91 Å². The van der Waals surface area contributed by atoms with E-state index in [-0.39, 0.29) is 11.9 Å². The zero-order chi connectivity index (χ0) is 19.7. The fourth-order valence-electron chi connectivity index (χ4n) is 3.62. The van der Waals surface area contributed by atoms with E-state index >= 15 is 0 Å². The standard InChI is InChI=1S/C19H22N8O/c1-3-15(28)26-8-4-5-13(10-26)27-19-16(18(20)23-11-24-19)17(25-27)12-6-7-14(21-2)22-9-12/h3,6-7,9,11,13H,1,4-5,8,10H2,2H3,(H,21,22)(H2,20,23,24)/t13-/m1/s1. The van der Waals surface area contributed by atoms with Crippen LogP contribution in [0.5, 0.6) is 0 Å². The Morgan fingerprint density at radius 2 is 2.21 bits per heavy atom. The van der Waals surface area contributed by atoms with Crippen molar-refractivity contribution in [1.29, 1.82) is 0 Å². The molecular weight excluding hydrogens is 356 g/mol. The fourth-order valence-corrected chi connectivity index (χ4v) is 3.62. The van der Waals surface area contributed by atoms with Crippen molar-refractivity contribution in [2.45, 2.75) is 18.9 Å². The van der Waals surface area contributed by atoms with Crippen molar-refractivity contribution in [3.05, 3.63) is 37.3 Å². The van der Waals surface area contributed by atoms with Gasteiger partial charge < -0.3 is 16.0 Å². The van der Waals surface area contributed by atoms with Gasteiger partial charge in [0.15, 0.2) is 5.65 Å². The van der Waals surface area contributed by atoms with E-state index in [0.29, 0.717) is 29.1 Å². The molecule has 4 rings (SSSR count). The van der Waals surface area contributed by atoms with Crippen LogP contribution in [0.15, 0.2) is 37.3 Å². The van der Waals surface area contributed by atoms with Gasteiger partial charge in [0, 0.05) is 31.9 Å². The van der Waals surface area contributed by atoms with E-state index in [1.54, 1.807) is 11.1 Å². The molecule has 0 bridgehead atoms. The van der Waals surface area contributed by atoms with Crippen molar-refractivity contribution < 1.29 is 4.79 Å². The molecule has 1 fully saturated rings. The first kappa shape index (κ1) is 17.9. The quantitative estimate of drug-likeness (QED) is 0.666. The van der Waals surface area contributed by atoms with Crippen LogP contribution in [0.25, 0.3) is 22.3 Å². The van der Waals surface area contributed by atoms with E-state index in [2.05, 4.69) is 26.8 Å². The second kappa shape index (κ2) is 7.26. The van der Waals surface area contributed by atoms with Crippen molar-refractivity contribution >= 4 is 28.6 Å². The molecule has 1 amide bonds. The molecule has 9 heteroatoms. The topological polar surface area (TPSA) is 115 Å². The maximum Gasteiger partial charge on any atom is 0.246 e. The summed E-state index contributed by atoms with van der Waals surface area (Å²) < 4.78 is 1.87. The number of carbonyl (C=O) groups is 1. The van der Waals surface area contributed by atoms with Crippen molar-refractivity contribution in [2.75, 3.05) is 31.2 Å². The number of nitrogens with one attached hydrogen (secondary N) is 1. The number of nitrogen functional groups attached to an aromatic ring is 1. The van der Waals surface area contributed by atoms with E-state index < -0.39 is 0 Å². The van der Waals surface area contributed by atoms with Crippen LogP contribution >= 0.6 is 0 Å². The highest BCUT2D eigenvalue weighted by Gasteiger charge is 2.28. The Labute approximate surface area is 162 Å². The van der Waals surface area contributed by atoms with Crippen LogP contribution in [0.4, 0.5) is 11.6 Å². The molecule has 3 N–H and O–H groups in total. The summed E-state index contributed by atoms with van der Waals surface area (Å²) >= 11 is 0. The molecule has 1 atom stereocenters. The number of anilines is 2. The van der Waals surface area contributed by atoms with Crippen LogP contribution < -0.4 is 11.1 Å². The number of amides is 1. The maximum atomic E-state index is 12.1. The molecule has 9 nitrogen and oxygen atoms in total. The highest BCUT2D eigenvalue weighted by molar-refractivity contribution is 5.98. The third kappa shape index (κ3) is 3.04. The summed E-state index contributed by atoms with van der Waals surface area (Å²) in [6.45, 7) is 4.87. The average molecular weight is 378 g/mol. The Balaban J connectivity index is 1.80. The summed E-state index contributed by atoms with van der Waals surface area (Å²) in [5, 5.41) is 8.53. The van der Waals surface area contributed by atoms with Crippen LogP contribution in [0.1, 0.15) is 18.9 Å². The summed E-state index contributed by atoms with van der Waals surface area (Å²) in [6, 6.07) is 3.82. The van der Waals surface area contributed by atoms with Crippen LogP contribution in [-0.2, 0) is 4.79 Å². The molecule has 0 aromatic carbocycles. The number of likely N-dealkylation sites (tertiary alicyclic amines) is 1. The van der Waals surface area contributed by atoms with E-state index in [0.717, 1.165) is 30.8 Å². The number of nitrogens with zero attached hydrogens (tertiary/aromatic N) is 6. The molecule has 0 aliphatic carbocycles. The molecular formula is C19H22N8O. The normalized spacial score (nSPS) is 16.9. The third-order valence-electron chi connectivity index (χ3n) is 5.04. The van der Waals surface area contributed by atoms with Gasteiger partial charge in [0.1, 0.15) is 23.7 Å². The number of aromatic nitrogens is 5. The van der Waals surface area contributed by atoms with Crippen LogP contribution in [-0.4, -0.2) is 55.7 Å². The summed E-state index contributed by atoms with van der Waals surface area (Å²) in [4.78, 5) is 26.8. The smallest absolute Gasteiger partial charge is 0.246 e. The lowest BCUT2D eigenvalue weighted by molar-refractivity contribution is -0.127. The summed E-state index contributed by atoms with van der Waals surface area (Å²) in [7, 11) is 1.82. The molecule has 0 spiro atoms. The van der Waals surface area contributed by atoms with E-state index in [4.69, 9.17) is 10.8 Å². The number of rotatable bonds is 4. The molecule has 0 unspecified atom stereocenters. The van der Waals surface area contributed by atoms with Crippen LogP contribution in [0.3, 0.4) is 0 Å². The number of piperidine rings is 1. The zero-order valence-corrected chi connectivity index (χ0v) is 15.7. The first-order valence-electron chi connectivity index (χ1n) is 9.16. The van der Waals surface area contributed by atoms with E-state index in [1.807, 2.05) is 23.9 Å². The number of fused-ring (bicyclic) bond motifs is 1. The van der Waals surface area contributed by atoms with Crippen molar-refractivity contribution in [1.82, 2.24) is 29.6 Å².